The number of benzene rings is 1. The predicted molar refractivity (Wildman–Crippen MR) is 58.4 cm³/mol. The molecule has 0 radical (unpaired) electrons. The van der Waals surface area contributed by atoms with Crippen molar-refractivity contribution < 1.29 is 14.2 Å². The van der Waals surface area contributed by atoms with Gasteiger partial charge < -0.3 is 15.6 Å². The molecule has 1 aliphatic rings. The number of halogens is 1. The molecule has 1 aromatic carbocycles. The summed E-state index contributed by atoms with van der Waals surface area (Å²) in [5, 5.41) is 9.24. The van der Waals surface area contributed by atoms with E-state index in [4.69, 9.17) is 10.5 Å². The van der Waals surface area contributed by atoms with Crippen molar-refractivity contribution in [2.75, 3.05) is 19.8 Å². The van der Waals surface area contributed by atoms with Gasteiger partial charge in [-0.3, -0.25) is 0 Å². The molecular formula is C12H16FNO2. The minimum Gasteiger partial charge on any atom is -0.396 e. The van der Waals surface area contributed by atoms with Gasteiger partial charge in [-0.2, -0.15) is 0 Å². The van der Waals surface area contributed by atoms with Crippen LogP contribution < -0.4 is 5.73 Å². The molecule has 3 N–H and O–H groups in total. The van der Waals surface area contributed by atoms with E-state index in [0.717, 1.165) is 5.56 Å². The van der Waals surface area contributed by atoms with Crippen LogP contribution in [0.5, 0.6) is 0 Å². The molecule has 0 amide bonds. The van der Waals surface area contributed by atoms with Crippen LogP contribution in [-0.4, -0.2) is 24.9 Å². The predicted octanol–water partition coefficient (Wildman–Crippen LogP) is 0.927. The van der Waals surface area contributed by atoms with Gasteiger partial charge in [-0.05, 0) is 13.0 Å². The molecule has 4 heteroatoms. The lowest BCUT2D eigenvalue weighted by atomic mass is 9.81. The van der Waals surface area contributed by atoms with Crippen molar-refractivity contribution in [2.45, 2.75) is 12.5 Å². The van der Waals surface area contributed by atoms with E-state index in [1.807, 2.05) is 6.92 Å². The van der Waals surface area contributed by atoms with Crippen LogP contribution in [0.1, 0.15) is 11.1 Å². The lowest BCUT2D eigenvalue weighted by Crippen LogP contribution is -2.46. The molecule has 1 saturated heterocycles. The Morgan fingerprint density at radius 2 is 2.38 bits per heavy atom. The molecule has 2 rings (SSSR count). The van der Waals surface area contributed by atoms with Crippen molar-refractivity contribution in [3.8, 4) is 0 Å². The fraction of sp³-hybridized carbons (Fsp3) is 0.500. The zero-order valence-corrected chi connectivity index (χ0v) is 9.24. The third-order valence-corrected chi connectivity index (χ3v) is 3.23. The molecule has 0 spiro atoms. The van der Waals surface area contributed by atoms with Crippen LogP contribution >= 0.6 is 0 Å². The molecular weight excluding hydrogens is 209 g/mol. The molecule has 3 nitrogen and oxygen atoms in total. The average Bonchev–Trinajstić information content (AvgIpc) is 2.64. The highest BCUT2D eigenvalue weighted by Crippen LogP contribution is 2.34. The van der Waals surface area contributed by atoms with E-state index in [1.165, 1.54) is 6.07 Å². The summed E-state index contributed by atoms with van der Waals surface area (Å²) in [4.78, 5) is 0. The van der Waals surface area contributed by atoms with E-state index < -0.39 is 5.54 Å². The van der Waals surface area contributed by atoms with E-state index in [0.29, 0.717) is 12.2 Å². The number of hydrogen-bond acceptors (Lipinski definition) is 3. The third kappa shape index (κ3) is 1.73. The summed E-state index contributed by atoms with van der Waals surface area (Å²) in [6, 6.07) is 4.84. The van der Waals surface area contributed by atoms with Crippen molar-refractivity contribution in [3.05, 3.63) is 35.1 Å². The average molecular weight is 225 g/mol. The Hall–Kier alpha value is -0.970. The first-order chi connectivity index (χ1) is 7.58. The Labute approximate surface area is 94.0 Å². The largest absolute Gasteiger partial charge is 0.396 e. The molecule has 2 atom stereocenters. The minimum atomic E-state index is -0.912. The number of aryl methyl sites for hydroxylation is 1. The summed E-state index contributed by atoms with van der Waals surface area (Å²) in [5.41, 5.74) is 6.65. The normalized spacial score (nSPS) is 29.6. The summed E-state index contributed by atoms with van der Waals surface area (Å²) < 4.78 is 19.0. The van der Waals surface area contributed by atoms with E-state index in [9.17, 15) is 9.50 Å². The smallest absolute Gasteiger partial charge is 0.128 e. The molecule has 0 bridgehead atoms. The number of aliphatic hydroxyl groups is 1. The maximum Gasteiger partial charge on any atom is 0.128 e. The van der Waals surface area contributed by atoms with Gasteiger partial charge in [0, 0.05) is 11.5 Å². The van der Waals surface area contributed by atoms with Gasteiger partial charge in [0.25, 0.3) is 0 Å². The first-order valence-corrected chi connectivity index (χ1v) is 5.32. The van der Waals surface area contributed by atoms with Gasteiger partial charge in [-0.15, -0.1) is 0 Å². The molecule has 1 heterocycles. The summed E-state index contributed by atoms with van der Waals surface area (Å²) in [5.74, 6) is -0.583. The van der Waals surface area contributed by atoms with Gasteiger partial charge in [-0.1, -0.05) is 17.7 Å². The maximum absolute atomic E-state index is 13.8. The van der Waals surface area contributed by atoms with Crippen LogP contribution in [0, 0.1) is 18.7 Å². The molecule has 0 aliphatic carbocycles. The van der Waals surface area contributed by atoms with Crippen molar-refractivity contribution in [2.24, 2.45) is 11.7 Å². The van der Waals surface area contributed by atoms with E-state index in [2.05, 4.69) is 0 Å². The van der Waals surface area contributed by atoms with Gasteiger partial charge in [-0.25, -0.2) is 4.39 Å². The lowest BCUT2D eigenvalue weighted by molar-refractivity contribution is 0.160. The Bertz CT molecular complexity index is 397. The van der Waals surface area contributed by atoms with Crippen molar-refractivity contribution in [1.29, 1.82) is 0 Å². The van der Waals surface area contributed by atoms with Crippen molar-refractivity contribution >= 4 is 0 Å². The topological polar surface area (TPSA) is 55.5 Å². The van der Waals surface area contributed by atoms with Gasteiger partial charge in [0.15, 0.2) is 0 Å². The minimum absolute atomic E-state index is 0.0934. The van der Waals surface area contributed by atoms with Crippen LogP contribution in [-0.2, 0) is 10.3 Å². The van der Waals surface area contributed by atoms with Crippen LogP contribution in [0.3, 0.4) is 0 Å². The quantitative estimate of drug-likeness (QED) is 0.787. The summed E-state index contributed by atoms with van der Waals surface area (Å²) in [6.45, 7) is 2.42. The van der Waals surface area contributed by atoms with Crippen LogP contribution in [0.4, 0.5) is 4.39 Å². The molecule has 1 fully saturated rings. The number of ether oxygens (including phenoxy) is 1. The second-order valence-electron chi connectivity index (χ2n) is 4.42. The zero-order valence-electron chi connectivity index (χ0n) is 9.24. The second kappa shape index (κ2) is 4.13. The molecule has 0 aromatic heterocycles. The van der Waals surface area contributed by atoms with Gasteiger partial charge >= 0.3 is 0 Å². The summed E-state index contributed by atoms with van der Waals surface area (Å²) in [6.07, 6.45) is 0. The Morgan fingerprint density at radius 3 is 3.06 bits per heavy atom. The van der Waals surface area contributed by atoms with Crippen LogP contribution in [0.15, 0.2) is 18.2 Å². The Morgan fingerprint density at radius 1 is 1.62 bits per heavy atom. The first kappa shape index (κ1) is 11.5. The summed E-state index contributed by atoms with van der Waals surface area (Å²) in [7, 11) is 0. The van der Waals surface area contributed by atoms with E-state index in [1.54, 1.807) is 12.1 Å². The first-order valence-electron chi connectivity index (χ1n) is 5.32. The monoisotopic (exact) mass is 225 g/mol. The Balaban J connectivity index is 2.45. The van der Waals surface area contributed by atoms with E-state index in [-0.39, 0.29) is 24.9 Å². The molecule has 0 saturated carbocycles. The molecule has 1 unspecified atom stereocenters. The number of hydrogen-bond donors (Lipinski definition) is 2. The molecule has 16 heavy (non-hydrogen) atoms. The molecule has 1 aromatic rings. The van der Waals surface area contributed by atoms with Crippen LogP contribution in [0.2, 0.25) is 0 Å². The number of aliphatic hydroxyl groups excluding tert-OH is 1. The SMILES string of the molecule is Cc1ccc(F)c(C2(N)COC[C@@H]2CO)c1. The molecule has 1 aliphatic heterocycles. The number of nitrogens with two attached hydrogens (primary N) is 1. The van der Waals surface area contributed by atoms with Gasteiger partial charge in [0.2, 0.25) is 0 Å². The highest BCUT2D eigenvalue weighted by molar-refractivity contribution is 5.32. The van der Waals surface area contributed by atoms with Crippen LogP contribution in [0.25, 0.3) is 0 Å². The second-order valence-corrected chi connectivity index (χ2v) is 4.42. The van der Waals surface area contributed by atoms with Gasteiger partial charge in [0.1, 0.15) is 5.82 Å². The highest BCUT2D eigenvalue weighted by atomic mass is 19.1. The van der Waals surface area contributed by atoms with Gasteiger partial charge in [0.05, 0.1) is 25.4 Å². The fourth-order valence-corrected chi connectivity index (χ4v) is 2.15. The fourth-order valence-electron chi connectivity index (χ4n) is 2.15. The molecule has 88 valence electrons. The Kier molecular flexibility index (Phi) is 2.97. The van der Waals surface area contributed by atoms with Crippen molar-refractivity contribution in [3.63, 3.8) is 0 Å². The lowest BCUT2D eigenvalue weighted by Gasteiger charge is -2.29. The zero-order chi connectivity index (χ0) is 11.8. The number of rotatable bonds is 2. The third-order valence-electron chi connectivity index (χ3n) is 3.23. The summed E-state index contributed by atoms with van der Waals surface area (Å²) >= 11 is 0. The standard InChI is InChI=1S/C12H16FNO2/c1-8-2-3-11(13)10(4-8)12(14)7-16-6-9(12)5-15/h2-4,9,15H,5-7,14H2,1H3/t9-,12?/m0/s1. The maximum atomic E-state index is 13.8. The van der Waals surface area contributed by atoms with Crippen molar-refractivity contribution in [1.82, 2.24) is 0 Å². The highest BCUT2D eigenvalue weighted by Gasteiger charge is 2.43. The van der Waals surface area contributed by atoms with E-state index >= 15 is 0 Å².